The lowest BCUT2D eigenvalue weighted by Crippen LogP contribution is -2.41. The molecule has 1 aliphatic heterocycles. The van der Waals surface area contributed by atoms with E-state index in [4.69, 9.17) is 0 Å². The fourth-order valence-electron chi connectivity index (χ4n) is 4.87. The summed E-state index contributed by atoms with van der Waals surface area (Å²) in [6, 6.07) is 10.4. The quantitative estimate of drug-likeness (QED) is 0.495. The van der Waals surface area contributed by atoms with Gasteiger partial charge in [-0.25, -0.2) is 0 Å². The van der Waals surface area contributed by atoms with E-state index in [1.807, 2.05) is 19.3 Å². The zero-order valence-electron chi connectivity index (χ0n) is 17.2. The van der Waals surface area contributed by atoms with Crippen LogP contribution in [-0.2, 0) is 24.7 Å². The number of nitrogens with zero attached hydrogens (tertiary/aromatic N) is 3. The molecule has 3 aromatic rings. The number of ketones is 1. The molecule has 5 heteroatoms. The van der Waals surface area contributed by atoms with Crippen LogP contribution in [0.2, 0.25) is 0 Å². The molecule has 1 amide bonds. The maximum Gasteiger partial charge on any atom is 0.246 e. The number of likely N-dealkylation sites (tertiary alicyclic amines) is 1. The minimum atomic E-state index is -0.145. The highest BCUT2D eigenvalue weighted by molar-refractivity contribution is 6.11. The first-order valence-electron chi connectivity index (χ1n) is 10.6. The first-order valence-corrected chi connectivity index (χ1v) is 10.6. The first kappa shape index (κ1) is 18.8. The van der Waals surface area contributed by atoms with Crippen molar-refractivity contribution < 1.29 is 9.59 Å². The largest absolute Gasteiger partial charge is 0.338 e. The minimum absolute atomic E-state index is 0.0447. The number of carbonyl (C=O) groups excluding carboxylic acids is 2. The van der Waals surface area contributed by atoms with Crippen LogP contribution in [0, 0.1) is 5.92 Å². The molecular formula is C25H25N3O2. The summed E-state index contributed by atoms with van der Waals surface area (Å²) >= 11 is 0. The normalized spacial score (nSPS) is 18.4. The molecule has 1 atom stereocenters. The predicted molar refractivity (Wildman–Crippen MR) is 117 cm³/mol. The first-order chi connectivity index (χ1) is 14.6. The van der Waals surface area contributed by atoms with Crippen LogP contribution in [0.3, 0.4) is 0 Å². The monoisotopic (exact) mass is 399 g/mol. The molecule has 5 rings (SSSR count). The number of hydrogen-bond donors (Lipinski definition) is 0. The van der Waals surface area contributed by atoms with Crippen molar-refractivity contribution in [2.75, 3.05) is 13.1 Å². The zero-order valence-corrected chi connectivity index (χ0v) is 17.2. The number of carbonyl (C=O) groups is 2. The Labute approximate surface area is 176 Å². The SMILES string of the molecule is Cn1cc(C=CC(=O)N2CCCC(C(=O)c3ccc4c5c(cccc35)CC4)C2)cn1. The van der Waals surface area contributed by atoms with Gasteiger partial charge >= 0.3 is 0 Å². The van der Waals surface area contributed by atoms with Crippen molar-refractivity contribution in [3.8, 4) is 0 Å². The summed E-state index contributed by atoms with van der Waals surface area (Å²) in [6.45, 7) is 1.18. The van der Waals surface area contributed by atoms with Crippen molar-refractivity contribution in [2.24, 2.45) is 13.0 Å². The van der Waals surface area contributed by atoms with Gasteiger partial charge in [-0.3, -0.25) is 14.3 Å². The van der Waals surface area contributed by atoms with E-state index >= 15 is 0 Å². The average molecular weight is 399 g/mol. The van der Waals surface area contributed by atoms with Gasteiger partial charge in [0.2, 0.25) is 5.91 Å². The van der Waals surface area contributed by atoms with Gasteiger partial charge in [0.25, 0.3) is 0 Å². The highest BCUT2D eigenvalue weighted by Gasteiger charge is 2.30. The van der Waals surface area contributed by atoms with Crippen LogP contribution in [0.1, 0.15) is 39.9 Å². The molecule has 30 heavy (non-hydrogen) atoms. The van der Waals surface area contributed by atoms with Crippen molar-refractivity contribution in [3.63, 3.8) is 0 Å². The molecule has 0 saturated carbocycles. The van der Waals surface area contributed by atoms with Crippen molar-refractivity contribution in [1.82, 2.24) is 14.7 Å². The van der Waals surface area contributed by atoms with Crippen LogP contribution in [0.25, 0.3) is 16.8 Å². The Morgan fingerprint density at radius 3 is 2.77 bits per heavy atom. The highest BCUT2D eigenvalue weighted by Crippen LogP contribution is 2.34. The lowest BCUT2D eigenvalue weighted by atomic mass is 9.87. The summed E-state index contributed by atoms with van der Waals surface area (Å²) < 4.78 is 1.71. The zero-order chi connectivity index (χ0) is 20.7. The van der Waals surface area contributed by atoms with Gasteiger partial charge in [0.15, 0.2) is 5.78 Å². The number of aryl methyl sites for hydroxylation is 3. The van der Waals surface area contributed by atoms with Crippen LogP contribution >= 0.6 is 0 Å². The maximum atomic E-state index is 13.4. The van der Waals surface area contributed by atoms with E-state index in [0.29, 0.717) is 13.1 Å². The number of hydrogen-bond acceptors (Lipinski definition) is 3. The van der Waals surface area contributed by atoms with Crippen LogP contribution in [0.5, 0.6) is 0 Å². The molecule has 0 N–H and O–H groups in total. The molecule has 1 aliphatic carbocycles. The summed E-state index contributed by atoms with van der Waals surface area (Å²) in [7, 11) is 1.85. The predicted octanol–water partition coefficient (Wildman–Crippen LogP) is 3.81. The molecule has 1 aromatic heterocycles. The van der Waals surface area contributed by atoms with E-state index in [1.54, 1.807) is 27.9 Å². The van der Waals surface area contributed by atoms with Gasteiger partial charge in [-0.2, -0.15) is 5.10 Å². The number of rotatable bonds is 4. The van der Waals surface area contributed by atoms with Gasteiger partial charge in [-0.1, -0.05) is 30.3 Å². The van der Waals surface area contributed by atoms with Crippen molar-refractivity contribution >= 4 is 28.5 Å². The van der Waals surface area contributed by atoms with Gasteiger partial charge in [0, 0.05) is 49.5 Å². The summed E-state index contributed by atoms with van der Waals surface area (Å²) in [6.07, 6.45) is 10.7. The molecule has 0 radical (unpaired) electrons. The molecule has 152 valence electrons. The van der Waals surface area contributed by atoms with Crippen LogP contribution in [0.15, 0.2) is 48.8 Å². The molecule has 2 aliphatic rings. The molecule has 1 unspecified atom stereocenters. The van der Waals surface area contributed by atoms with Crippen molar-refractivity contribution in [3.05, 3.63) is 71.1 Å². The third-order valence-electron chi connectivity index (χ3n) is 6.39. The molecule has 1 fully saturated rings. The van der Waals surface area contributed by atoms with Crippen LogP contribution < -0.4 is 0 Å². The minimum Gasteiger partial charge on any atom is -0.338 e. The second-order valence-corrected chi connectivity index (χ2v) is 8.38. The fourth-order valence-corrected chi connectivity index (χ4v) is 4.87. The molecule has 5 nitrogen and oxygen atoms in total. The van der Waals surface area contributed by atoms with Gasteiger partial charge in [0.05, 0.1) is 6.20 Å². The standard InChI is InChI=1S/C25H25N3O2/c1-27-15-17(14-26-27)7-12-23(29)28-13-3-5-20(16-28)25(30)22-11-10-19-9-8-18-4-2-6-21(22)24(18)19/h2,4,6-7,10-12,14-15,20H,3,5,8-9,13,16H2,1H3. The number of piperidine rings is 1. The highest BCUT2D eigenvalue weighted by atomic mass is 16.2. The Morgan fingerprint density at radius 1 is 1.13 bits per heavy atom. The molecule has 0 spiro atoms. The Morgan fingerprint density at radius 2 is 1.97 bits per heavy atom. The van der Waals surface area contributed by atoms with E-state index in [0.717, 1.165) is 42.2 Å². The van der Waals surface area contributed by atoms with Gasteiger partial charge < -0.3 is 4.90 Å². The lowest BCUT2D eigenvalue weighted by molar-refractivity contribution is -0.127. The van der Waals surface area contributed by atoms with E-state index in [2.05, 4.69) is 29.4 Å². The number of amides is 1. The van der Waals surface area contributed by atoms with Gasteiger partial charge in [0.1, 0.15) is 0 Å². The molecule has 0 bridgehead atoms. The van der Waals surface area contributed by atoms with Gasteiger partial charge in [-0.15, -0.1) is 0 Å². The van der Waals surface area contributed by atoms with Gasteiger partial charge in [-0.05, 0) is 53.7 Å². The third-order valence-corrected chi connectivity index (χ3v) is 6.39. The fraction of sp³-hybridized carbons (Fsp3) is 0.320. The molecule has 1 saturated heterocycles. The summed E-state index contributed by atoms with van der Waals surface area (Å²) in [5, 5.41) is 6.46. The Balaban J connectivity index is 1.35. The van der Waals surface area contributed by atoms with Crippen LogP contribution in [-0.4, -0.2) is 39.5 Å². The number of benzene rings is 2. The maximum absolute atomic E-state index is 13.4. The summed E-state index contributed by atoms with van der Waals surface area (Å²) in [5.74, 6) is -0.0240. The molecular weight excluding hydrogens is 374 g/mol. The van der Waals surface area contributed by atoms with E-state index in [-0.39, 0.29) is 17.6 Å². The number of aromatic nitrogens is 2. The topological polar surface area (TPSA) is 55.2 Å². The third kappa shape index (κ3) is 3.34. The summed E-state index contributed by atoms with van der Waals surface area (Å²) in [4.78, 5) is 27.9. The van der Waals surface area contributed by atoms with Crippen molar-refractivity contribution in [1.29, 1.82) is 0 Å². The van der Waals surface area contributed by atoms with Crippen molar-refractivity contribution in [2.45, 2.75) is 25.7 Å². The second-order valence-electron chi connectivity index (χ2n) is 8.38. The Hall–Kier alpha value is -3.21. The Bertz CT molecular complexity index is 1160. The molecule has 2 aromatic carbocycles. The lowest BCUT2D eigenvalue weighted by Gasteiger charge is -2.31. The molecule has 2 heterocycles. The van der Waals surface area contributed by atoms with E-state index < -0.39 is 0 Å². The average Bonchev–Trinajstić information content (AvgIpc) is 3.39. The van der Waals surface area contributed by atoms with E-state index in [9.17, 15) is 9.59 Å². The summed E-state index contributed by atoms with van der Waals surface area (Å²) in [5.41, 5.74) is 4.39. The smallest absolute Gasteiger partial charge is 0.246 e. The Kier molecular flexibility index (Phi) is 4.74. The number of Topliss-reactive ketones (excluding diaryl/α,β-unsaturated/α-hetero) is 1. The van der Waals surface area contributed by atoms with Crippen LogP contribution in [0.4, 0.5) is 0 Å². The second kappa shape index (κ2) is 7.56. The van der Waals surface area contributed by atoms with E-state index in [1.165, 1.54) is 16.5 Å².